The third-order valence-corrected chi connectivity index (χ3v) is 3.01. The van der Waals surface area contributed by atoms with Crippen LogP contribution < -0.4 is 5.32 Å². The van der Waals surface area contributed by atoms with Crippen LogP contribution in [0.25, 0.3) is 11.8 Å². The maximum absolute atomic E-state index is 11.8. The van der Waals surface area contributed by atoms with Gasteiger partial charge in [-0.3, -0.25) is 10.3 Å². The highest BCUT2D eigenvalue weighted by atomic mass is 16.5. The molecule has 0 fully saturated rings. The SMILES string of the molecule is CCOC(=O)N/C(=C\c1cc(C)cc(C)n1)c1ccccc1. The average Bonchev–Trinajstić information content (AvgIpc) is 2.47. The number of rotatable bonds is 4. The third kappa shape index (κ3) is 4.45. The molecule has 0 radical (unpaired) electrons. The number of pyridine rings is 1. The molecule has 1 heterocycles. The van der Waals surface area contributed by atoms with E-state index < -0.39 is 6.09 Å². The molecule has 1 aromatic carbocycles. The van der Waals surface area contributed by atoms with Crippen LogP contribution >= 0.6 is 0 Å². The third-order valence-electron chi connectivity index (χ3n) is 3.01. The molecular weight excluding hydrogens is 276 g/mol. The number of aryl methyl sites for hydroxylation is 2. The van der Waals surface area contributed by atoms with E-state index >= 15 is 0 Å². The standard InChI is InChI=1S/C18H20N2O2/c1-4-22-18(21)20-17(15-8-6-5-7-9-15)12-16-11-13(2)10-14(3)19-16/h5-12H,4H2,1-3H3,(H,20,21)/b17-12-. The number of nitrogens with zero attached hydrogens (tertiary/aromatic N) is 1. The number of hydrogen-bond donors (Lipinski definition) is 1. The lowest BCUT2D eigenvalue weighted by Crippen LogP contribution is -2.22. The first-order chi connectivity index (χ1) is 10.6. The van der Waals surface area contributed by atoms with Gasteiger partial charge in [-0.2, -0.15) is 0 Å². The number of carbonyl (C=O) groups is 1. The van der Waals surface area contributed by atoms with Crippen LogP contribution in [0.3, 0.4) is 0 Å². The number of amides is 1. The van der Waals surface area contributed by atoms with Crippen LogP contribution in [0.2, 0.25) is 0 Å². The Kier molecular flexibility index (Phi) is 5.31. The van der Waals surface area contributed by atoms with Crippen LogP contribution in [0.5, 0.6) is 0 Å². The van der Waals surface area contributed by atoms with Gasteiger partial charge in [-0.25, -0.2) is 4.79 Å². The Morgan fingerprint density at radius 3 is 2.59 bits per heavy atom. The monoisotopic (exact) mass is 296 g/mol. The van der Waals surface area contributed by atoms with Crippen molar-refractivity contribution in [2.24, 2.45) is 0 Å². The van der Waals surface area contributed by atoms with Gasteiger partial charge in [0.25, 0.3) is 0 Å². The summed E-state index contributed by atoms with van der Waals surface area (Å²) in [6.45, 7) is 6.07. The van der Waals surface area contributed by atoms with Gasteiger partial charge in [-0.15, -0.1) is 0 Å². The predicted molar refractivity (Wildman–Crippen MR) is 88.2 cm³/mol. The Labute approximate surface area is 130 Å². The van der Waals surface area contributed by atoms with Crippen LogP contribution in [0.1, 0.15) is 29.4 Å². The lowest BCUT2D eigenvalue weighted by Gasteiger charge is -2.10. The molecule has 1 N–H and O–H groups in total. The topological polar surface area (TPSA) is 51.2 Å². The average molecular weight is 296 g/mol. The molecule has 0 bridgehead atoms. The van der Waals surface area contributed by atoms with Crippen LogP contribution in [0.15, 0.2) is 42.5 Å². The van der Waals surface area contributed by atoms with Gasteiger partial charge in [-0.1, -0.05) is 30.3 Å². The molecule has 0 aliphatic heterocycles. The predicted octanol–water partition coefficient (Wildman–Crippen LogP) is 3.94. The minimum atomic E-state index is -0.470. The second kappa shape index (κ2) is 7.41. The maximum atomic E-state index is 11.8. The van der Waals surface area contributed by atoms with Gasteiger partial charge in [0, 0.05) is 5.69 Å². The Balaban J connectivity index is 2.38. The normalized spacial score (nSPS) is 11.1. The Morgan fingerprint density at radius 2 is 1.95 bits per heavy atom. The van der Waals surface area contributed by atoms with Gasteiger partial charge in [0.15, 0.2) is 0 Å². The van der Waals surface area contributed by atoms with Crippen molar-refractivity contribution in [2.45, 2.75) is 20.8 Å². The summed E-state index contributed by atoms with van der Waals surface area (Å²) in [6, 6.07) is 13.6. The second-order valence-electron chi connectivity index (χ2n) is 4.98. The second-order valence-corrected chi connectivity index (χ2v) is 4.98. The summed E-state index contributed by atoms with van der Waals surface area (Å²) in [6.07, 6.45) is 1.38. The minimum absolute atomic E-state index is 0.329. The van der Waals surface area contributed by atoms with E-state index in [4.69, 9.17) is 4.74 Å². The molecule has 2 aromatic rings. The van der Waals surface area contributed by atoms with Crippen molar-refractivity contribution < 1.29 is 9.53 Å². The summed E-state index contributed by atoms with van der Waals surface area (Å²) in [5.74, 6) is 0. The summed E-state index contributed by atoms with van der Waals surface area (Å²) in [4.78, 5) is 16.2. The molecule has 22 heavy (non-hydrogen) atoms. The Hall–Kier alpha value is -2.62. The number of benzene rings is 1. The first-order valence-corrected chi connectivity index (χ1v) is 7.24. The molecule has 0 aliphatic rings. The van der Waals surface area contributed by atoms with Crippen molar-refractivity contribution >= 4 is 17.9 Å². The van der Waals surface area contributed by atoms with Gasteiger partial charge in [-0.05, 0) is 50.1 Å². The fourth-order valence-corrected chi connectivity index (χ4v) is 2.18. The van der Waals surface area contributed by atoms with Gasteiger partial charge >= 0.3 is 6.09 Å². The number of nitrogens with one attached hydrogen (secondary N) is 1. The molecule has 4 heteroatoms. The van der Waals surface area contributed by atoms with Gasteiger partial charge in [0.1, 0.15) is 0 Å². The van der Waals surface area contributed by atoms with Gasteiger partial charge < -0.3 is 4.74 Å². The van der Waals surface area contributed by atoms with Crippen molar-refractivity contribution in [1.82, 2.24) is 10.3 Å². The quantitative estimate of drug-likeness (QED) is 0.929. The van der Waals surface area contributed by atoms with E-state index in [-0.39, 0.29) is 0 Å². The summed E-state index contributed by atoms with van der Waals surface area (Å²) in [7, 11) is 0. The van der Waals surface area contributed by atoms with Gasteiger partial charge in [0.2, 0.25) is 0 Å². The molecule has 1 aromatic heterocycles. The molecule has 0 atom stereocenters. The Bertz CT molecular complexity index is 658. The molecule has 1 amide bonds. The van der Waals surface area contributed by atoms with Crippen LogP contribution in [-0.4, -0.2) is 17.7 Å². The number of hydrogen-bond acceptors (Lipinski definition) is 3. The smallest absolute Gasteiger partial charge is 0.411 e. The van der Waals surface area contributed by atoms with E-state index in [1.54, 1.807) is 6.92 Å². The molecule has 0 saturated heterocycles. The summed E-state index contributed by atoms with van der Waals surface area (Å²) in [5, 5.41) is 2.78. The van der Waals surface area contributed by atoms with E-state index in [1.807, 2.05) is 62.4 Å². The lowest BCUT2D eigenvalue weighted by molar-refractivity contribution is 0.157. The summed E-state index contributed by atoms with van der Waals surface area (Å²) >= 11 is 0. The van der Waals surface area contributed by atoms with Crippen LogP contribution in [0, 0.1) is 13.8 Å². The fourth-order valence-electron chi connectivity index (χ4n) is 2.18. The number of ether oxygens (including phenoxy) is 1. The zero-order chi connectivity index (χ0) is 15.9. The van der Waals surface area contributed by atoms with Crippen molar-refractivity contribution in [1.29, 1.82) is 0 Å². The van der Waals surface area contributed by atoms with E-state index in [1.165, 1.54) is 0 Å². The molecule has 0 unspecified atom stereocenters. The molecular formula is C18H20N2O2. The van der Waals surface area contributed by atoms with E-state index in [0.717, 1.165) is 22.5 Å². The number of carbonyl (C=O) groups excluding carboxylic acids is 1. The maximum Gasteiger partial charge on any atom is 0.411 e. The van der Waals surface area contributed by atoms with Crippen molar-refractivity contribution in [3.05, 3.63) is 65.0 Å². The number of aromatic nitrogens is 1. The Morgan fingerprint density at radius 1 is 1.23 bits per heavy atom. The lowest BCUT2D eigenvalue weighted by atomic mass is 10.1. The first-order valence-electron chi connectivity index (χ1n) is 7.24. The highest BCUT2D eigenvalue weighted by Gasteiger charge is 2.08. The van der Waals surface area contributed by atoms with Gasteiger partial charge in [0.05, 0.1) is 18.0 Å². The van der Waals surface area contributed by atoms with E-state index in [0.29, 0.717) is 12.3 Å². The fraction of sp³-hybridized carbons (Fsp3) is 0.222. The molecule has 2 rings (SSSR count). The minimum Gasteiger partial charge on any atom is -0.450 e. The molecule has 4 nitrogen and oxygen atoms in total. The largest absolute Gasteiger partial charge is 0.450 e. The summed E-state index contributed by atoms with van der Waals surface area (Å²) < 4.78 is 4.97. The van der Waals surface area contributed by atoms with Crippen molar-refractivity contribution in [3.63, 3.8) is 0 Å². The highest BCUT2D eigenvalue weighted by molar-refractivity contribution is 5.89. The van der Waals surface area contributed by atoms with E-state index in [2.05, 4.69) is 10.3 Å². The molecule has 0 spiro atoms. The molecule has 114 valence electrons. The first kappa shape index (κ1) is 15.8. The van der Waals surface area contributed by atoms with Crippen LogP contribution in [0.4, 0.5) is 4.79 Å². The van der Waals surface area contributed by atoms with Crippen LogP contribution in [-0.2, 0) is 4.74 Å². The zero-order valence-corrected chi connectivity index (χ0v) is 13.1. The molecule has 0 saturated carbocycles. The zero-order valence-electron chi connectivity index (χ0n) is 13.1. The number of alkyl carbamates (subject to hydrolysis) is 1. The van der Waals surface area contributed by atoms with Crippen molar-refractivity contribution in [3.8, 4) is 0 Å². The van der Waals surface area contributed by atoms with Crippen molar-refractivity contribution in [2.75, 3.05) is 6.61 Å². The molecule has 0 aliphatic carbocycles. The van der Waals surface area contributed by atoms with E-state index in [9.17, 15) is 4.79 Å². The summed E-state index contributed by atoms with van der Waals surface area (Å²) in [5.41, 5.74) is 4.43. The highest BCUT2D eigenvalue weighted by Crippen LogP contribution is 2.16.